The van der Waals surface area contributed by atoms with Crippen LogP contribution in [0.25, 0.3) is 0 Å². The molecule has 0 aromatic heterocycles. The summed E-state index contributed by atoms with van der Waals surface area (Å²) >= 11 is 0. The topological polar surface area (TPSA) is 110 Å². The highest BCUT2D eigenvalue weighted by atomic mass is 19.4. The second kappa shape index (κ2) is 13.8. The fraction of sp³-hybridized carbons (Fsp3) is 0.867. The lowest BCUT2D eigenvalue weighted by atomic mass is 9.47. The fourth-order valence-corrected chi connectivity index (χ4v) is 8.88. The van der Waals surface area contributed by atoms with Gasteiger partial charge in [0, 0.05) is 31.4 Å². The molecule has 39 heavy (non-hydrogen) atoms. The lowest BCUT2D eigenvalue weighted by molar-refractivity contribution is -0.199. The molecule has 0 heterocycles. The van der Waals surface area contributed by atoms with Crippen molar-refractivity contribution in [2.75, 3.05) is 13.7 Å². The number of aliphatic carboxylic acids is 2. The molecule has 6 nitrogen and oxygen atoms in total. The maximum Gasteiger partial charge on any atom is 0.391 e. The van der Waals surface area contributed by atoms with E-state index in [0.717, 1.165) is 37.7 Å². The van der Waals surface area contributed by atoms with E-state index in [1.54, 1.807) is 7.11 Å². The second-order valence-electron chi connectivity index (χ2n) is 12.3. The first-order valence-corrected chi connectivity index (χ1v) is 14.7. The van der Waals surface area contributed by atoms with Crippen LogP contribution in [0.1, 0.15) is 91.9 Å². The molecule has 0 saturated heterocycles. The second-order valence-corrected chi connectivity index (χ2v) is 12.3. The van der Waals surface area contributed by atoms with Gasteiger partial charge in [0.15, 0.2) is 0 Å². The highest BCUT2D eigenvalue weighted by molar-refractivity contribution is 5.89. The number of hydrogen-bond acceptors (Lipinski definition) is 4. The Labute approximate surface area is 231 Å². The molecule has 4 aliphatic carbocycles. The maximum atomic E-state index is 13.4. The summed E-state index contributed by atoms with van der Waals surface area (Å²) in [5.74, 6) is 0.00326. The third-order valence-corrected chi connectivity index (χ3v) is 10.5. The zero-order valence-electron chi connectivity index (χ0n) is 24.3. The Hall–Kier alpha value is -1.61. The largest absolute Gasteiger partial charge is 0.478 e. The van der Waals surface area contributed by atoms with Gasteiger partial charge in [-0.1, -0.05) is 27.7 Å². The Balaban J connectivity index is 0.000000460. The van der Waals surface area contributed by atoms with Gasteiger partial charge in [0.1, 0.15) is 0 Å². The van der Waals surface area contributed by atoms with E-state index >= 15 is 0 Å². The number of carboxylic acid groups (broad SMARTS) is 2. The van der Waals surface area contributed by atoms with Crippen LogP contribution in [-0.4, -0.2) is 47.6 Å². The van der Waals surface area contributed by atoms with E-state index in [4.69, 9.17) is 20.7 Å². The van der Waals surface area contributed by atoms with Crippen molar-refractivity contribution in [1.29, 1.82) is 0 Å². The highest BCUT2D eigenvalue weighted by Crippen LogP contribution is 2.66. The molecule has 9 heteroatoms. The van der Waals surface area contributed by atoms with Gasteiger partial charge in [0.25, 0.3) is 0 Å². The first-order valence-electron chi connectivity index (χ1n) is 14.7. The summed E-state index contributed by atoms with van der Waals surface area (Å²) in [5.41, 5.74) is 6.55. The van der Waals surface area contributed by atoms with Gasteiger partial charge in [-0.3, -0.25) is 0 Å². The van der Waals surface area contributed by atoms with Crippen LogP contribution in [0, 0.1) is 46.8 Å². The van der Waals surface area contributed by atoms with Crippen LogP contribution in [0.3, 0.4) is 0 Å². The number of fused-ring (bicyclic) bond motifs is 5. The van der Waals surface area contributed by atoms with Crippen LogP contribution in [0.4, 0.5) is 13.2 Å². The molecular weight excluding hydrogens is 511 g/mol. The zero-order valence-corrected chi connectivity index (χ0v) is 24.3. The fourth-order valence-electron chi connectivity index (χ4n) is 8.88. The average Bonchev–Trinajstić information content (AvgIpc) is 3.23. The Morgan fingerprint density at radius 3 is 2.05 bits per heavy atom. The smallest absolute Gasteiger partial charge is 0.391 e. The molecule has 0 aromatic rings. The minimum atomic E-state index is -4.09. The molecular formula is C30H50F3NO5. The van der Waals surface area contributed by atoms with Crippen LogP contribution in [0.5, 0.6) is 0 Å². The number of carbonyl (C=O) groups is 2. The number of methoxy groups -OCH3 is 1. The minimum absolute atomic E-state index is 0.156. The molecule has 4 saturated carbocycles. The predicted molar refractivity (Wildman–Crippen MR) is 145 cm³/mol. The molecule has 4 N–H and O–H groups in total. The summed E-state index contributed by atoms with van der Waals surface area (Å²) in [6.07, 6.45) is 6.13. The van der Waals surface area contributed by atoms with Crippen molar-refractivity contribution in [2.45, 2.75) is 104 Å². The van der Waals surface area contributed by atoms with Crippen molar-refractivity contribution >= 4 is 11.9 Å². The number of ether oxygens (including phenoxy) is 1. The molecule has 4 fully saturated rings. The number of halogens is 3. The molecule has 4 rings (SSSR count). The van der Waals surface area contributed by atoms with Gasteiger partial charge in [-0.25, -0.2) is 9.59 Å². The molecule has 4 aliphatic rings. The third kappa shape index (κ3) is 7.78. The lowest BCUT2D eigenvalue weighted by Gasteiger charge is -2.60. The number of alkyl halides is 3. The van der Waals surface area contributed by atoms with Crippen molar-refractivity contribution in [3.8, 4) is 0 Å². The molecule has 8 unspecified atom stereocenters. The molecule has 0 aliphatic heterocycles. The summed E-state index contributed by atoms with van der Waals surface area (Å²) in [7, 11) is 1.78. The molecule has 0 aromatic carbocycles. The summed E-state index contributed by atoms with van der Waals surface area (Å²) in [4.78, 5) is 19.1. The van der Waals surface area contributed by atoms with Crippen molar-refractivity contribution in [2.24, 2.45) is 52.6 Å². The molecule has 9 atom stereocenters. The Morgan fingerprint density at radius 1 is 0.974 bits per heavy atom. The monoisotopic (exact) mass is 561 g/mol. The quantitative estimate of drug-likeness (QED) is 0.304. The summed E-state index contributed by atoms with van der Waals surface area (Å²) in [5, 5.41) is 15.6. The normalized spacial score (nSPS) is 38.2. The Bertz CT molecular complexity index is 833. The van der Waals surface area contributed by atoms with E-state index in [9.17, 15) is 22.8 Å². The van der Waals surface area contributed by atoms with Crippen molar-refractivity contribution in [3.05, 3.63) is 12.2 Å². The van der Waals surface area contributed by atoms with Gasteiger partial charge in [-0.15, -0.1) is 0 Å². The average molecular weight is 562 g/mol. The van der Waals surface area contributed by atoms with Crippen LogP contribution < -0.4 is 5.73 Å². The highest BCUT2D eigenvalue weighted by Gasteiger charge is 2.61. The maximum absolute atomic E-state index is 13.4. The Morgan fingerprint density at radius 2 is 1.51 bits per heavy atom. The summed E-state index contributed by atoms with van der Waals surface area (Å²) in [6, 6.07) is 0. The minimum Gasteiger partial charge on any atom is -0.478 e. The summed E-state index contributed by atoms with van der Waals surface area (Å²) < 4.78 is 45.5. The van der Waals surface area contributed by atoms with Crippen LogP contribution in [0.15, 0.2) is 12.2 Å². The number of hydrogen-bond donors (Lipinski definition) is 3. The van der Waals surface area contributed by atoms with Gasteiger partial charge in [0.05, 0.1) is 5.92 Å². The van der Waals surface area contributed by atoms with Crippen molar-refractivity contribution in [3.63, 3.8) is 0 Å². The van der Waals surface area contributed by atoms with Gasteiger partial charge < -0.3 is 20.7 Å². The van der Waals surface area contributed by atoms with E-state index in [1.165, 1.54) is 25.7 Å². The molecule has 0 radical (unpaired) electrons. The van der Waals surface area contributed by atoms with Crippen molar-refractivity contribution < 1.29 is 37.7 Å². The summed E-state index contributed by atoms with van der Waals surface area (Å²) in [6.45, 7) is 9.76. The van der Waals surface area contributed by atoms with E-state index in [0.29, 0.717) is 47.7 Å². The predicted octanol–water partition coefficient (Wildman–Crippen LogP) is 6.93. The Kier molecular flexibility index (Phi) is 11.9. The van der Waals surface area contributed by atoms with E-state index < -0.39 is 29.6 Å². The molecule has 0 amide bonds. The van der Waals surface area contributed by atoms with Crippen LogP contribution in [-0.2, 0) is 14.3 Å². The van der Waals surface area contributed by atoms with E-state index in [1.807, 2.05) is 13.8 Å². The first-order chi connectivity index (χ1) is 18.2. The van der Waals surface area contributed by atoms with Crippen molar-refractivity contribution in [1.82, 2.24) is 0 Å². The number of carboxylic acids is 2. The van der Waals surface area contributed by atoms with Gasteiger partial charge in [-0.2, -0.15) is 13.2 Å². The van der Waals surface area contributed by atoms with E-state index in [-0.39, 0.29) is 12.8 Å². The van der Waals surface area contributed by atoms with Crippen LogP contribution >= 0.6 is 0 Å². The standard InChI is InChI=1S/C24H40F3NO.C4H4O4.C2H6/c1-15(10-13-29-3)19-6-7-20-17-9-12-23(28)14-16(24(25,26)27)4-5-21(23)18(17)8-11-22(19,20)2;5-3(6)1-2-4(7)8;1-2/h15-21H,4-14,28H2,1-3H3;1-2H,(H,5,6)(H,7,8);1-2H3/b;2-1+;/t15-,16?,17?,18?,19?,20?,21?,22?,23?;;/m1../s1. The first kappa shape index (κ1) is 33.6. The lowest BCUT2D eigenvalue weighted by Crippen LogP contribution is -2.61. The molecule has 0 spiro atoms. The molecule has 226 valence electrons. The number of nitrogens with two attached hydrogens (primary N) is 1. The zero-order chi connectivity index (χ0) is 29.6. The van der Waals surface area contributed by atoms with E-state index in [2.05, 4.69) is 13.8 Å². The van der Waals surface area contributed by atoms with Gasteiger partial charge >= 0.3 is 18.1 Å². The molecule has 0 bridgehead atoms. The number of rotatable bonds is 6. The van der Waals surface area contributed by atoms with Crippen LogP contribution in [0.2, 0.25) is 0 Å². The van der Waals surface area contributed by atoms with Gasteiger partial charge in [0.2, 0.25) is 0 Å². The SMILES string of the molecule is CC.COCC[C@@H](C)C1CCC2C3CCC4(N)CC(C(F)(F)F)CCC4C3CCC21C.O=C(O)/C=C/C(=O)O. The van der Waals surface area contributed by atoms with Gasteiger partial charge in [-0.05, 0) is 105 Å². The third-order valence-electron chi connectivity index (χ3n) is 10.5.